The quantitative estimate of drug-likeness (QED) is 0.187. The number of rotatable bonds is 2. The van der Waals surface area contributed by atoms with Gasteiger partial charge in [0.15, 0.2) is 0 Å². The third-order valence-corrected chi connectivity index (χ3v) is 10.5. The molecule has 0 saturated carbocycles. The van der Waals surface area contributed by atoms with Gasteiger partial charge in [-0.3, -0.25) is 0 Å². The number of hydrogen-bond donors (Lipinski definition) is 0. The lowest BCUT2D eigenvalue weighted by Gasteiger charge is -2.19. The summed E-state index contributed by atoms with van der Waals surface area (Å²) in [5.41, 5.74) is 5.02. The van der Waals surface area contributed by atoms with E-state index in [1.54, 1.807) is 24.3 Å². The summed E-state index contributed by atoms with van der Waals surface area (Å²) in [5, 5.41) is 55.7. The fraction of sp³-hybridized carbons (Fsp3) is 0.0213. The molecule has 0 saturated heterocycles. The van der Waals surface area contributed by atoms with Gasteiger partial charge in [-0.2, -0.15) is 21.0 Å². The van der Waals surface area contributed by atoms with Crippen LogP contribution in [0, 0.1) is 45.3 Å². The van der Waals surface area contributed by atoms with E-state index in [0.29, 0.717) is 22.3 Å². The summed E-state index contributed by atoms with van der Waals surface area (Å²) in [4.78, 5) is 0. The van der Waals surface area contributed by atoms with Crippen molar-refractivity contribution < 1.29 is 0 Å². The summed E-state index contributed by atoms with van der Waals surface area (Å²) in [7, 11) is 0. The second kappa shape index (κ2) is 10.8. The topological polar surface area (TPSA) is 95.2 Å². The minimum absolute atomic E-state index is 0. The Morgan fingerprint density at radius 2 is 0.725 bits per heavy atom. The van der Waals surface area contributed by atoms with Crippen LogP contribution in [0.25, 0.3) is 97.7 Å². The van der Waals surface area contributed by atoms with E-state index < -0.39 is 0 Å². The number of nitriles is 4. The molecule has 0 aliphatic heterocycles. The minimum atomic E-state index is 0. The van der Waals surface area contributed by atoms with Crippen LogP contribution in [0.2, 0.25) is 0 Å². The molecule has 0 aliphatic carbocycles. The molecule has 232 valence electrons. The molecule has 0 heterocycles. The van der Waals surface area contributed by atoms with Crippen LogP contribution in [0.5, 0.6) is 0 Å². The Hall–Kier alpha value is -7.50. The Labute approximate surface area is 293 Å². The first kappa shape index (κ1) is 29.6. The molecule has 0 amide bonds. The molecule has 0 bridgehead atoms. The Kier molecular flexibility index (Phi) is 6.25. The molecule has 10 rings (SSSR count). The van der Waals surface area contributed by atoms with Gasteiger partial charge >= 0.3 is 0 Å². The van der Waals surface area contributed by atoms with Crippen LogP contribution in [0.4, 0.5) is 0 Å². The van der Waals surface area contributed by atoms with Gasteiger partial charge in [0.25, 0.3) is 0 Å². The molecule has 0 unspecified atom stereocenters. The summed E-state index contributed by atoms with van der Waals surface area (Å²) in [6.07, 6.45) is 0. The van der Waals surface area contributed by atoms with E-state index in [4.69, 9.17) is 0 Å². The highest BCUT2D eigenvalue weighted by Gasteiger charge is 2.27. The molecular weight excluding hydrogens is 621 g/mol. The summed E-state index contributed by atoms with van der Waals surface area (Å²) >= 11 is 0. The normalized spacial score (nSPS) is 11.3. The maximum atomic E-state index is 10.5. The highest BCUT2D eigenvalue weighted by atomic mass is 14.3. The van der Waals surface area contributed by atoms with Gasteiger partial charge in [0.05, 0.1) is 46.5 Å². The molecule has 0 aromatic heterocycles. The average molecular weight is 645 g/mol. The van der Waals surface area contributed by atoms with Crippen molar-refractivity contribution in [2.45, 2.75) is 7.43 Å². The van der Waals surface area contributed by atoms with E-state index >= 15 is 0 Å². The third kappa shape index (κ3) is 3.85. The zero-order chi connectivity index (χ0) is 33.7. The Morgan fingerprint density at radius 1 is 0.333 bits per heavy atom. The van der Waals surface area contributed by atoms with Crippen molar-refractivity contribution in [1.29, 1.82) is 21.0 Å². The van der Waals surface area contributed by atoms with E-state index in [2.05, 4.69) is 109 Å². The Balaban J connectivity index is 0.00000348. The zero-order valence-electron chi connectivity index (χ0n) is 26.3. The van der Waals surface area contributed by atoms with Crippen LogP contribution in [-0.2, 0) is 0 Å². The van der Waals surface area contributed by atoms with E-state index in [0.717, 1.165) is 86.9 Å². The van der Waals surface area contributed by atoms with Crippen molar-refractivity contribution in [3.05, 3.63) is 144 Å². The molecule has 10 aromatic rings. The monoisotopic (exact) mass is 644 g/mol. The lowest BCUT2D eigenvalue weighted by Crippen LogP contribution is -1.94. The van der Waals surface area contributed by atoms with Crippen molar-refractivity contribution in [3.8, 4) is 46.5 Å². The minimum Gasteiger partial charge on any atom is -0.192 e. The van der Waals surface area contributed by atoms with Gasteiger partial charge in [0, 0.05) is 11.1 Å². The summed E-state index contributed by atoms with van der Waals surface area (Å²) in [5.74, 6) is 0. The van der Waals surface area contributed by atoms with Crippen LogP contribution in [-0.4, -0.2) is 0 Å². The van der Waals surface area contributed by atoms with Crippen molar-refractivity contribution >= 4 is 75.4 Å². The van der Waals surface area contributed by atoms with Gasteiger partial charge in [-0.25, -0.2) is 0 Å². The predicted octanol–water partition coefficient (Wildman–Crippen LogP) is 12.1. The van der Waals surface area contributed by atoms with Crippen LogP contribution in [0.3, 0.4) is 0 Å². The van der Waals surface area contributed by atoms with E-state index in [1.807, 2.05) is 12.1 Å². The molecule has 0 N–H and O–H groups in total. The van der Waals surface area contributed by atoms with Crippen LogP contribution in [0.15, 0.2) is 121 Å². The molecule has 0 aliphatic rings. The van der Waals surface area contributed by atoms with Crippen molar-refractivity contribution in [1.82, 2.24) is 0 Å². The maximum absolute atomic E-state index is 10.5. The van der Waals surface area contributed by atoms with E-state index in [-0.39, 0.29) is 7.43 Å². The van der Waals surface area contributed by atoms with Gasteiger partial charge in [-0.05, 0) is 123 Å². The van der Waals surface area contributed by atoms with Crippen LogP contribution >= 0.6 is 0 Å². The zero-order valence-corrected chi connectivity index (χ0v) is 26.3. The molecule has 0 spiro atoms. The van der Waals surface area contributed by atoms with Gasteiger partial charge in [0.2, 0.25) is 0 Å². The van der Waals surface area contributed by atoms with Crippen LogP contribution < -0.4 is 0 Å². The molecule has 0 atom stereocenters. The van der Waals surface area contributed by atoms with E-state index in [9.17, 15) is 21.0 Å². The summed E-state index contributed by atoms with van der Waals surface area (Å²) in [6, 6.07) is 49.9. The molecular formula is C47H24N4. The van der Waals surface area contributed by atoms with Crippen LogP contribution in [0.1, 0.15) is 29.7 Å². The van der Waals surface area contributed by atoms with Crippen molar-refractivity contribution in [2.24, 2.45) is 0 Å². The number of benzene rings is 8. The maximum Gasteiger partial charge on any atom is 0.0998 e. The lowest BCUT2D eigenvalue weighted by molar-refractivity contribution is 1.45. The SMILES string of the molecule is C.N#Cc1ccc(-c2c3cc4c(cc3c(-c3ccc(C#N)cc3C#N)c3c5cccc6cccc(c23)c65)c2cccc3cccc4c32)c(C#N)c1. The molecule has 4 nitrogen and oxygen atoms in total. The first-order chi connectivity index (χ1) is 24.6. The Morgan fingerprint density at radius 3 is 1.12 bits per heavy atom. The predicted molar refractivity (Wildman–Crippen MR) is 208 cm³/mol. The third-order valence-electron chi connectivity index (χ3n) is 10.5. The standard InChI is InChI=1S/C46H20N4.CH4/c47-21-25-13-15-31(29(17-25)23-49)43-39-19-37-33-9-1-5-27-6-2-10-34(41(27)33)38(37)20-40(39)44(32-16-14-26(22-48)18-30(32)24-50)46-36-12-4-8-28-7-3-11-35(42(28)36)45(43)46;/h1-20H;1H4. The Bertz CT molecular complexity index is 3090. The number of nitrogens with zero attached hydrogens (tertiary/aromatic N) is 4. The van der Waals surface area contributed by atoms with Gasteiger partial charge in [0.1, 0.15) is 0 Å². The highest BCUT2D eigenvalue weighted by molar-refractivity contribution is 6.42. The van der Waals surface area contributed by atoms with Crippen molar-refractivity contribution in [3.63, 3.8) is 0 Å². The first-order valence-electron chi connectivity index (χ1n) is 16.3. The van der Waals surface area contributed by atoms with Gasteiger partial charge in [-0.15, -0.1) is 0 Å². The second-order valence-corrected chi connectivity index (χ2v) is 12.8. The first-order valence-corrected chi connectivity index (χ1v) is 16.3. The number of fused-ring (bicyclic) bond motifs is 7. The molecule has 10 aromatic carbocycles. The molecule has 51 heavy (non-hydrogen) atoms. The largest absolute Gasteiger partial charge is 0.192 e. The second-order valence-electron chi connectivity index (χ2n) is 12.8. The summed E-state index contributed by atoms with van der Waals surface area (Å²) < 4.78 is 0. The smallest absolute Gasteiger partial charge is 0.0998 e. The van der Waals surface area contributed by atoms with E-state index in [1.165, 1.54) is 10.8 Å². The van der Waals surface area contributed by atoms with Crippen molar-refractivity contribution in [2.75, 3.05) is 0 Å². The molecule has 4 heteroatoms. The summed E-state index contributed by atoms with van der Waals surface area (Å²) in [6.45, 7) is 0. The van der Waals surface area contributed by atoms with Gasteiger partial charge in [-0.1, -0.05) is 92.4 Å². The molecule has 0 fully saturated rings. The highest BCUT2D eigenvalue weighted by Crippen LogP contribution is 2.53. The fourth-order valence-corrected chi connectivity index (χ4v) is 8.47. The number of hydrogen-bond acceptors (Lipinski definition) is 4. The fourth-order valence-electron chi connectivity index (χ4n) is 8.47. The molecule has 0 radical (unpaired) electrons. The lowest BCUT2D eigenvalue weighted by atomic mass is 9.83. The van der Waals surface area contributed by atoms with Gasteiger partial charge < -0.3 is 0 Å². The average Bonchev–Trinajstić information content (AvgIpc) is 3.67.